The maximum atomic E-state index is 13.3. The highest BCUT2D eigenvalue weighted by molar-refractivity contribution is 6.28. The van der Waals surface area contributed by atoms with Gasteiger partial charge in [-0.15, -0.1) is 6.58 Å². The lowest BCUT2D eigenvalue weighted by atomic mass is 9.75. The van der Waals surface area contributed by atoms with E-state index in [1.807, 2.05) is 6.92 Å². The summed E-state index contributed by atoms with van der Waals surface area (Å²) < 4.78 is 5.74. The number of carbonyl (C=O) groups excluding carboxylic acids is 3. The number of nitrogens with one attached hydrogen (secondary N) is 1. The number of nitrogens with zero attached hydrogens (tertiary/aromatic N) is 1. The monoisotopic (exact) mass is 446 g/mol. The lowest BCUT2D eigenvalue weighted by Crippen LogP contribution is -2.58. The maximum Gasteiger partial charge on any atom is 0.331 e. The van der Waals surface area contributed by atoms with Crippen molar-refractivity contribution in [2.45, 2.75) is 84.0 Å². The highest BCUT2D eigenvalue weighted by Crippen LogP contribution is 2.37. The van der Waals surface area contributed by atoms with E-state index in [1.54, 1.807) is 12.2 Å². The molecule has 0 radical (unpaired) electrons. The number of hydrogen-bond donors (Lipinski definition) is 2. The van der Waals surface area contributed by atoms with E-state index < -0.39 is 23.9 Å². The Bertz CT molecular complexity index is 753. The molecule has 1 aliphatic heterocycles. The summed E-state index contributed by atoms with van der Waals surface area (Å²) in [6.07, 6.45) is 7.81. The molecule has 0 aromatic carbocycles. The second kappa shape index (κ2) is 10.8. The SMILES string of the molecule is C=CCC1CC(/C=C2\C(=O)NC(=O)N(C3CCC(C(C)C)CC3)C2=O)CC(OCC)C1O. The number of amides is 4. The van der Waals surface area contributed by atoms with Crippen molar-refractivity contribution in [3.05, 3.63) is 24.3 Å². The van der Waals surface area contributed by atoms with E-state index in [1.165, 1.54) is 4.90 Å². The normalized spacial score (nSPS) is 35.3. The number of imide groups is 2. The fourth-order valence-corrected chi connectivity index (χ4v) is 5.62. The molecule has 0 aromatic rings. The number of aliphatic hydroxyl groups is 1. The second-order valence-electron chi connectivity index (χ2n) is 9.83. The van der Waals surface area contributed by atoms with E-state index in [-0.39, 0.29) is 29.6 Å². The van der Waals surface area contributed by atoms with Gasteiger partial charge >= 0.3 is 6.03 Å². The third kappa shape index (κ3) is 5.31. The Labute approximate surface area is 191 Å². The lowest BCUT2D eigenvalue weighted by Gasteiger charge is -2.40. The van der Waals surface area contributed by atoms with Crippen molar-refractivity contribution in [2.75, 3.05) is 6.61 Å². The summed E-state index contributed by atoms with van der Waals surface area (Å²) in [6, 6.07) is -0.784. The predicted molar refractivity (Wildman–Crippen MR) is 122 cm³/mol. The van der Waals surface area contributed by atoms with Gasteiger partial charge in [-0.25, -0.2) is 4.79 Å². The zero-order valence-electron chi connectivity index (χ0n) is 19.6. The molecule has 7 nitrogen and oxygen atoms in total. The molecule has 0 bridgehead atoms. The number of carbonyl (C=O) groups is 3. The van der Waals surface area contributed by atoms with Crippen LogP contribution in [0.1, 0.15) is 65.7 Å². The molecule has 4 atom stereocenters. The molecule has 32 heavy (non-hydrogen) atoms. The van der Waals surface area contributed by atoms with Crippen LogP contribution in [0.15, 0.2) is 24.3 Å². The summed E-state index contributed by atoms with van der Waals surface area (Å²) in [4.78, 5) is 39.7. The van der Waals surface area contributed by atoms with Gasteiger partial charge in [-0.1, -0.05) is 26.0 Å². The van der Waals surface area contributed by atoms with Crippen molar-refractivity contribution in [3.8, 4) is 0 Å². The third-order valence-corrected chi connectivity index (χ3v) is 7.44. The molecule has 2 aliphatic carbocycles. The molecule has 4 unspecified atom stereocenters. The van der Waals surface area contributed by atoms with Crippen LogP contribution in [0.2, 0.25) is 0 Å². The van der Waals surface area contributed by atoms with E-state index in [2.05, 4.69) is 25.7 Å². The van der Waals surface area contributed by atoms with Gasteiger partial charge in [-0.2, -0.15) is 0 Å². The van der Waals surface area contributed by atoms with Crippen LogP contribution in [-0.4, -0.2) is 52.7 Å². The minimum atomic E-state index is -0.633. The first-order valence-electron chi connectivity index (χ1n) is 12.1. The summed E-state index contributed by atoms with van der Waals surface area (Å²) >= 11 is 0. The second-order valence-corrected chi connectivity index (χ2v) is 9.83. The summed E-state index contributed by atoms with van der Waals surface area (Å²) in [6.45, 7) is 10.6. The zero-order valence-corrected chi connectivity index (χ0v) is 19.6. The van der Waals surface area contributed by atoms with Crippen LogP contribution in [-0.2, 0) is 14.3 Å². The highest BCUT2D eigenvalue weighted by atomic mass is 16.5. The minimum absolute atomic E-state index is 0.0320. The van der Waals surface area contributed by atoms with E-state index in [4.69, 9.17) is 4.74 Å². The van der Waals surface area contributed by atoms with Gasteiger partial charge in [0.2, 0.25) is 0 Å². The molecular formula is C25H38N2O5. The molecule has 1 saturated heterocycles. The Morgan fingerprint density at radius 2 is 1.88 bits per heavy atom. The number of urea groups is 1. The van der Waals surface area contributed by atoms with E-state index in [0.29, 0.717) is 37.7 Å². The fraction of sp³-hybridized carbons (Fsp3) is 0.720. The van der Waals surface area contributed by atoms with Crippen molar-refractivity contribution in [1.29, 1.82) is 0 Å². The molecule has 178 valence electrons. The molecule has 2 saturated carbocycles. The van der Waals surface area contributed by atoms with Crippen molar-refractivity contribution >= 4 is 17.8 Å². The summed E-state index contributed by atoms with van der Waals surface area (Å²) in [5, 5.41) is 13.0. The molecule has 3 aliphatic rings. The molecule has 3 fully saturated rings. The average Bonchev–Trinajstić information content (AvgIpc) is 2.75. The maximum absolute atomic E-state index is 13.3. The van der Waals surface area contributed by atoms with Gasteiger partial charge in [-0.05, 0) is 75.5 Å². The highest BCUT2D eigenvalue weighted by Gasteiger charge is 2.43. The van der Waals surface area contributed by atoms with Crippen LogP contribution < -0.4 is 5.32 Å². The fourth-order valence-electron chi connectivity index (χ4n) is 5.62. The molecule has 0 spiro atoms. The van der Waals surface area contributed by atoms with Gasteiger partial charge in [0, 0.05) is 12.6 Å². The number of ether oxygens (including phenoxy) is 1. The number of rotatable bonds is 7. The number of barbiturate groups is 1. The Kier molecular flexibility index (Phi) is 8.28. The van der Waals surface area contributed by atoms with Crippen LogP contribution in [0.5, 0.6) is 0 Å². The van der Waals surface area contributed by atoms with E-state index in [0.717, 1.165) is 25.7 Å². The van der Waals surface area contributed by atoms with Gasteiger partial charge in [-0.3, -0.25) is 19.8 Å². The smallest absolute Gasteiger partial charge is 0.331 e. The Morgan fingerprint density at radius 1 is 1.19 bits per heavy atom. The average molecular weight is 447 g/mol. The van der Waals surface area contributed by atoms with Gasteiger partial charge in [0.25, 0.3) is 11.8 Å². The van der Waals surface area contributed by atoms with Crippen LogP contribution in [0.3, 0.4) is 0 Å². The quantitative estimate of drug-likeness (QED) is 0.354. The van der Waals surface area contributed by atoms with E-state index >= 15 is 0 Å². The van der Waals surface area contributed by atoms with Crippen LogP contribution in [0.25, 0.3) is 0 Å². The predicted octanol–water partition coefficient (Wildman–Crippen LogP) is 3.57. The molecule has 4 amide bonds. The summed E-state index contributed by atoms with van der Waals surface area (Å²) in [7, 11) is 0. The first-order valence-corrected chi connectivity index (χ1v) is 12.1. The minimum Gasteiger partial charge on any atom is -0.390 e. The van der Waals surface area contributed by atoms with E-state index in [9.17, 15) is 19.5 Å². The van der Waals surface area contributed by atoms with Gasteiger partial charge in [0.1, 0.15) is 5.57 Å². The number of hydrogen-bond acceptors (Lipinski definition) is 5. The standard InChI is InChI=1S/C25H38N2O5/c1-5-7-18-12-16(14-21(22(18)28)32-6-2)13-20-23(29)26-25(31)27(24(20)30)19-10-8-17(9-11-19)15(3)4/h5,13,15-19,21-22,28H,1,6-12,14H2,2-4H3,(H,26,29,31)/b20-13+. The molecule has 0 aromatic heterocycles. The third-order valence-electron chi connectivity index (χ3n) is 7.44. The molecular weight excluding hydrogens is 408 g/mol. The summed E-state index contributed by atoms with van der Waals surface area (Å²) in [5.74, 6) is -0.0847. The first-order chi connectivity index (χ1) is 15.3. The zero-order chi connectivity index (χ0) is 23.4. The van der Waals surface area contributed by atoms with Gasteiger partial charge < -0.3 is 9.84 Å². The van der Waals surface area contributed by atoms with Crippen molar-refractivity contribution in [2.24, 2.45) is 23.7 Å². The topological polar surface area (TPSA) is 95.9 Å². The Hall–Kier alpha value is -1.99. The largest absolute Gasteiger partial charge is 0.390 e. The van der Waals surface area contributed by atoms with Crippen molar-refractivity contribution in [3.63, 3.8) is 0 Å². The van der Waals surface area contributed by atoms with Crippen molar-refractivity contribution < 1.29 is 24.2 Å². The Morgan fingerprint density at radius 3 is 2.47 bits per heavy atom. The molecule has 3 rings (SSSR count). The Balaban J connectivity index is 1.78. The van der Waals surface area contributed by atoms with Crippen LogP contribution in [0, 0.1) is 23.7 Å². The van der Waals surface area contributed by atoms with Crippen molar-refractivity contribution in [1.82, 2.24) is 10.2 Å². The van der Waals surface area contributed by atoms with Gasteiger partial charge in [0.15, 0.2) is 0 Å². The van der Waals surface area contributed by atoms with Gasteiger partial charge in [0.05, 0.1) is 12.2 Å². The molecule has 7 heteroatoms. The number of aliphatic hydroxyl groups excluding tert-OH is 1. The summed E-state index contributed by atoms with van der Waals surface area (Å²) in [5.41, 5.74) is 0.0320. The van der Waals surface area contributed by atoms with Crippen LogP contribution in [0.4, 0.5) is 4.79 Å². The number of allylic oxidation sites excluding steroid dienone is 2. The molecule has 1 heterocycles. The molecule has 2 N–H and O–H groups in total. The first kappa shape index (κ1) is 24.6. The lowest BCUT2D eigenvalue weighted by molar-refractivity contribution is -0.132. The van der Waals surface area contributed by atoms with Crippen LogP contribution >= 0.6 is 0 Å².